The third-order valence-corrected chi connectivity index (χ3v) is 4.92. The van der Waals surface area contributed by atoms with Gasteiger partial charge in [-0.25, -0.2) is 4.79 Å². The molecule has 6 nitrogen and oxygen atoms in total. The van der Waals surface area contributed by atoms with Crippen molar-refractivity contribution in [2.75, 3.05) is 25.5 Å². The van der Waals surface area contributed by atoms with E-state index in [0.717, 1.165) is 18.5 Å². The Hall–Kier alpha value is -1.89. The van der Waals surface area contributed by atoms with E-state index in [0.29, 0.717) is 22.3 Å². The molecule has 1 aliphatic heterocycles. The highest BCUT2D eigenvalue weighted by Gasteiger charge is 2.35. The number of anilines is 1. The molecule has 2 amide bonds. The summed E-state index contributed by atoms with van der Waals surface area (Å²) in [7, 11) is 1.68. The fraction of sp³-hybridized carbons (Fsp3) is 0.444. The van der Waals surface area contributed by atoms with Crippen molar-refractivity contribution in [2.24, 2.45) is 0 Å². The second-order valence-corrected chi connectivity index (χ2v) is 6.93. The second-order valence-electron chi connectivity index (χ2n) is 6.52. The first-order valence-corrected chi connectivity index (χ1v) is 8.75. The van der Waals surface area contributed by atoms with Gasteiger partial charge in [-0.3, -0.25) is 9.88 Å². The number of halogens is 1. The maximum atomic E-state index is 12.5. The van der Waals surface area contributed by atoms with E-state index in [1.165, 1.54) is 0 Å². The molecule has 2 aromatic rings. The van der Waals surface area contributed by atoms with Crippen LogP contribution in [0.5, 0.6) is 0 Å². The largest absolute Gasteiger partial charge is 0.378 e. The molecular formula is C18H23ClN4O2. The number of pyridine rings is 1. The van der Waals surface area contributed by atoms with Crippen LogP contribution in [0.1, 0.15) is 13.8 Å². The number of rotatable bonds is 4. The van der Waals surface area contributed by atoms with E-state index in [-0.39, 0.29) is 18.2 Å². The van der Waals surface area contributed by atoms with E-state index >= 15 is 0 Å². The number of nitrogens with one attached hydrogen (secondary N) is 2. The van der Waals surface area contributed by atoms with Crippen molar-refractivity contribution >= 4 is 34.2 Å². The lowest BCUT2D eigenvalue weighted by molar-refractivity contribution is 0.0896. The van der Waals surface area contributed by atoms with E-state index in [4.69, 9.17) is 16.3 Å². The SMILES string of the molecule is COC1CN(C(C)C)CC1NC(=O)Nc1ccc(Cl)c2ncccc12. The van der Waals surface area contributed by atoms with Crippen LogP contribution in [0.3, 0.4) is 0 Å². The zero-order valence-electron chi connectivity index (χ0n) is 14.6. The number of carbonyl (C=O) groups excluding carboxylic acids is 1. The summed E-state index contributed by atoms with van der Waals surface area (Å²) in [6.07, 6.45) is 1.66. The van der Waals surface area contributed by atoms with Gasteiger partial charge in [-0.15, -0.1) is 0 Å². The highest BCUT2D eigenvalue weighted by Crippen LogP contribution is 2.28. The molecular weight excluding hydrogens is 340 g/mol. The van der Waals surface area contributed by atoms with Gasteiger partial charge in [0.1, 0.15) is 0 Å². The van der Waals surface area contributed by atoms with Gasteiger partial charge in [-0.1, -0.05) is 11.6 Å². The topological polar surface area (TPSA) is 66.5 Å². The molecule has 0 radical (unpaired) electrons. The van der Waals surface area contributed by atoms with Crippen molar-refractivity contribution in [3.8, 4) is 0 Å². The fourth-order valence-electron chi connectivity index (χ4n) is 3.18. The molecule has 1 aromatic carbocycles. The molecule has 0 saturated carbocycles. The highest BCUT2D eigenvalue weighted by molar-refractivity contribution is 6.35. The Morgan fingerprint density at radius 1 is 1.36 bits per heavy atom. The van der Waals surface area contributed by atoms with Gasteiger partial charge in [0.15, 0.2) is 0 Å². The monoisotopic (exact) mass is 362 g/mol. The molecule has 1 aliphatic rings. The van der Waals surface area contributed by atoms with Crippen molar-refractivity contribution < 1.29 is 9.53 Å². The molecule has 7 heteroatoms. The number of likely N-dealkylation sites (tertiary alicyclic amines) is 1. The summed E-state index contributed by atoms with van der Waals surface area (Å²) in [4.78, 5) is 19.1. The van der Waals surface area contributed by atoms with Gasteiger partial charge >= 0.3 is 6.03 Å². The number of ether oxygens (including phenoxy) is 1. The molecule has 3 rings (SSSR count). The summed E-state index contributed by atoms with van der Waals surface area (Å²) in [6, 6.07) is 7.33. The molecule has 1 aromatic heterocycles. The van der Waals surface area contributed by atoms with Crippen molar-refractivity contribution in [3.63, 3.8) is 0 Å². The number of urea groups is 1. The number of hydrogen-bond donors (Lipinski definition) is 2. The minimum Gasteiger partial charge on any atom is -0.378 e. The van der Waals surface area contributed by atoms with E-state index in [1.807, 2.05) is 12.1 Å². The van der Waals surface area contributed by atoms with Crippen LogP contribution in [0.2, 0.25) is 5.02 Å². The number of nitrogens with zero attached hydrogens (tertiary/aromatic N) is 2. The summed E-state index contributed by atoms with van der Waals surface area (Å²) in [5, 5.41) is 7.30. The Kier molecular flexibility index (Phi) is 5.42. The van der Waals surface area contributed by atoms with Gasteiger partial charge in [0.2, 0.25) is 0 Å². The Labute approximate surface area is 152 Å². The van der Waals surface area contributed by atoms with Crippen LogP contribution in [0.4, 0.5) is 10.5 Å². The number of carbonyl (C=O) groups is 1. The lowest BCUT2D eigenvalue weighted by Gasteiger charge is -2.20. The molecule has 0 bridgehead atoms. The predicted molar refractivity (Wildman–Crippen MR) is 100 cm³/mol. The smallest absolute Gasteiger partial charge is 0.319 e. The van der Waals surface area contributed by atoms with Crippen LogP contribution >= 0.6 is 11.6 Å². The zero-order chi connectivity index (χ0) is 18.0. The molecule has 25 heavy (non-hydrogen) atoms. The molecule has 2 atom stereocenters. The standard InChI is InChI=1S/C18H23ClN4O2/c1-11(2)23-9-15(16(10-23)25-3)22-18(24)21-14-7-6-13(19)17-12(14)5-4-8-20-17/h4-8,11,15-16H,9-10H2,1-3H3,(H2,21,22,24). The first-order valence-electron chi connectivity index (χ1n) is 8.37. The van der Waals surface area contributed by atoms with Crippen LogP contribution < -0.4 is 10.6 Å². The average molecular weight is 363 g/mol. The van der Waals surface area contributed by atoms with Crippen molar-refractivity contribution in [1.29, 1.82) is 0 Å². The maximum Gasteiger partial charge on any atom is 0.319 e. The summed E-state index contributed by atoms with van der Waals surface area (Å²) < 4.78 is 5.53. The Morgan fingerprint density at radius 3 is 2.88 bits per heavy atom. The molecule has 2 heterocycles. The van der Waals surface area contributed by atoms with Gasteiger partial charge in [0, 0.05) is 37.8 Å². The highest BCUT2D eigenvalue weighted by atomic mass is 35.5. The van der Waals surface area contributed by atoms with Gasteiger partial charge in [0.25, 0.3) is 0 Å². The van der Waals surface area contributed by atoms with Crippen LogP contribution in [0.25, 0.3) is 10.9 Å². The Balaban J connectivity index is 1.72. The molecule has 1 fully saturated rings. The first kappa shape index (κ1) is 17.9. The average Bonchev–Trinajstić information content (AvgIpc) is 3.01. The second kappa shape index (κ2) is 7.56. The number of methoxy groups -OCH3 is 1. The Bertz CT molecular complexity index is 768. The molecule has 0 spiro atoms. The molecule has 134 valence electrons. The van der Waals surface area contributed by atoms with Crippen molar-refractivity contribution in [3.05, 3.63) is 35.5 Å². The van der Waals surface area contributed by atoms with Crippen LogP contribution in [-0.4, -0.2) is 54.3 Å². The van der Waals surface area contributed by atoms with Crippen molar-refractivity contribution in [2.45, 2.75) is 32.0 Å². The van der Waals surface area contributed by atoms with E-state index < -0.39 is 0 Å². The zero-order valence-corrected chi connectivity index (χ0v) is 15.4. The normalized spacial score (nSPS) is 21.0. The van der Waals surface area contributed by atoms with Gasteiger partial charge in [-0.2, -0.15) is 0 Å². The minimum absolute atomic E-state index is 0.0169. The summed E-state index contributed by atoms with van der Waals surface area (Å²) in [6.45, 7) is 5.86. The van der Waals surface area contributed by atoms with E-state index in [2.05, 4.69) is 34.4 Å². The van der Waals surface area contributed by atoms with Crippen LogP contribution in [-0.2, 0) is 4.74 Å². The van der Waals surface area contributed by atoms with Crippen LogP contribution in [0, 0.1) is 0 Å². The molecule has 0 aliphatic carbocycles. The number of hydrogen-bond acceptors (Lipinski definition) is 4. The lowest BCUT2D eigenvalue weighted by atomic mass is 10.2. The summed E-state index contributed by atoms with van der Waals surface area (Å²) in [5.41, 5.74) is 1.35. The number of amides is 2. The minimum atomic E-state index is -0.259. The van der Waals surface area contributed by atoms with Gasteiger partial charge < -0.3 is 15.4 Å². The predicted octanol–water partition coefficient (Wildman–Crippen LogP) is 3.12. The van der Waals surface area contributed by atoms with Gasteiger partial charge in [-0.05, 0) is 38.1 Å². The summed E-state index contributed by atoms with van der Waals surface area (Å²) >= 11 is 6.17. The Morgan fingerprint density at radius 2 is 2.16 bits per heavy atom. The maximum absolute atomic E-state index is 12.5. The van der Waals surface area contributed by atoms with E-state index in [1.54, 1.807) is 25.4 Å². The third kappa shape index (κ3) is 3.86. The fourth-order valence-corrected chi connectivity index (χ4v) is 3.39. The lowest BCUT2D eigenvalue weighted by Crippen LogP contribution is -2.45. The summed E-state index contributed by atoms with van der Waals surface area (Å²) in [5.74, 6) is 0. The number of fused-ring (bicyclic) bond motifs is 1. The van der Waals surface area contributed by atoms with Crippen molar-refractivity contribution in [1.82, 2.24) is 15.2 Å². The number of benzene rings is 1. The van der Waals surface area contributed by atoms with Gasteiger partial charge in [0.05, 0.1) is 28.4 Å². The molecule has 2 N–H and O–H groups in total. The van der Waals surface area contributed by atoms with E-state index in [9.17, 15) is 4.79 Å². The molecule has 1 saturated heterocycles. The molecule has 2 unspecified atom stereocenters. The number of aromatic nitrogens is 1. The third-order valence-electron chi connectivity index (χ3n) is 4.61. The van der Waals surface area contributed by atoms with Crippen LogP contribution in [0.15, 0.2) is 30.5 Å². The quantitative estimate of drug-likeness (QED) is 0.877. The first-order chi connectivity index (χ1) is 12.0.